The summed E-state index contributed by atoms with van der Waals surface area (Å²) in [5, 5.41) is 9.22. The quantitative estimate of drug-likeness (QED) is 0.625. The molecule has 1 amide bonds. The zero-order chi connectivity index (χ0) is 14.7. The molecule has 1 atom stereocenters. The molecule has 1 aliphatic rings. The van der Waals surface area contributed by atoms with Crippen LogP contribution < -0.4 is 0 Å². The SMILES string of the molecule is Cc1ccc(C(=O)[C@H](C#N)C(=O)N2CCCC2)c(C)c1. The maximum absolute atomic E-state index is 12.4. The number of hydrogen-bond donors (Lipinski definition) is 0. The fraction of sp³-hybridized carbons (Fsp3) is 0.438. The Kier molecular flexibility index (Phi) is 4.19. The van der Waals surface area contributed by atoms with Gasteiger partial charge in [0.15, 0.2) is 11.7 Å². The van der Waals surface area contributed by atoms with E-state index in [4.69, 9.17) is 0 Å². The summed E-state index contributed by atoms with van der Waals surface area (Å²) in [7, 11) is 0. The maximum atomic E-state index is 12.4. The molecule has 1 heterocycles. The van der Waals surface area contributed by atoms with Crippen LogP contribution in [0.1, 0.15) is 34.3 Å². The number of benzene rings is 1. The van der Waals surface area contributed by atoms with Crippen molar-refractivity contribution in [1.29, 1.82) is 5.26 Å². The molecule has 0 aliphatic carbocycles. The van der Waals surface area contributed by atoms with Gasteiger partial charge in [0, 0.05) is 18.7 Å². The molecule has 0 spiro atoms. The molecule has 0 bridgehead atoms. The van der Waals surface area contributed by atoms with E-state index in [0.29, 0.717) is 18.7 Å². The van der Waals surface area contributed by atoms with Gasteiger partial charge in [-0.1, -0.05) is 23.8 Å². The number of nitrogens with zero attached hydrogens (tertiary/aromatic N) is 2. The molecule has 4 heteroatoms. The fourth-order valence-corrected chi connectivity index (χ4v) is 2.59. The molecular weight excluding hydrogens is 252 g/mol. The molecular formula is C16H18N2O2. The molecule has 0 aromatic heterocycles. The van der Waals surface area contributed by atoms with Gasteiger partial charge in [-0.3, -0.25) is 9.59 Å². The Morgan fingerprint density at radius 3 is 2.45 bits per heavy atom. The van der Waals surface area contributed by atoms with Crippen molar-refractivity contribution >= 4 is 11.7 Å². The van der Waals surface area contributed by atoms with Crippen molar-refractivity contribution in [3.05, 3.63) is 34.9 Å². The lowest BCUT2D eigenvalue weighted by Gasteiger charge is -2.18. The van der Waals surface area contributed by atoms with Crippen molar-refractivity contribution in [3.63, 3.8) is 0 Å². The van der Waals surface area contributed by atoms with E-state index in [1.54, 1.807) is 11.0 Å². The Morgan fingerprint density at radius 2 is 1.90 bits per heavy atom. The molecule has 20 heavy (non-hydrogen) atoms. The number of amides is 1. The summed E-state index contributed by atoms with van der Waals surface area (Å²) in [5.74, 6) is -1.95. The van der Waals surface area contributed by atoms with Crippen molar-refractivity contribution < 1.29 is 9.59 Å². The summed E-state index contributed by atoms with van der Waals surface area (Å²) in [6.07, 6.45) is 1.89. The first-order chi connectivity index (χ1) is 9.54. The zero-order valence-corrected chi connectivity index (χ0v) is 11.8. The molecule has 0 N–H and O–H groups in total. The first kappa shape index (κ1) is 14.3. The fourth-order valence-electron chi connectivity index (χ4n) is 2.59. The second-order valence-corrected chi connectivity index (χ2v) is 5.28. The average molecular weight is 270 g/mol. The standard InChI is InChI=1S/C16H18N2O2/c1-11-5-6-13(12(2)9-11)15(19)14(10-17)16(20)18-7-3-4-8-18/h5-6,9,14H,3-4,7-8H2,1-2H3/t14-/m0/s1. The molecule has 1 aromatic carbocycles. The minimum absolute atomic E-state index is 0.352. The number of Topliss-reactive ketones (excluding diaryl/α,β-unsaturated/α-hetero) is 1. The van der Waals surface area contributed by atoms with Crippen LogP contribution in [0, 0.1) is 31.1 Å². The van der Waals surface area contributed by atoms with Crippen molar-refractivity contribution in [2.75, 3.05) is 13.1 Å². The third-order valence-corrected chi connectivity index (χ3v) is 3.70. The Morgan fingerprint density at radius 1 is 1.25 bits per heavy atom. The number of nitriles is 1. The van der Waals surface area contributed by atoms with Gasteiger partial charge < -0.3 is 4.90 Å². The smallest absolute Gasteiger partial charge is 0.247 e. The predicted molar refractivity (Wildman–Crippen MR) is 75.2 cm³/mol. The van der Waals surface area contributed by atoms with Crippen LogP contribution in [-0.4, -0.2) is 29.7 Å². The largest absolute Gasteiger partial charge is 0.341 e. The van der Waals surface area contributed by atoms with Gasteiger partial charge in [0.05, 0.1) is 6.07 Å². The van der Waals surface area contributed by atoms with Crippen LogP contribution in [0.4, 0.5) is 0 Å². The van der Waals surface area contributed by atoms with Crippen molar-refractivity contribution in [1.82, 2.24) is 4.90 Å². The molecule has 1 aromatic rings. The highest BCUT2D eigenvalue weighted by Crippen LogP contribution is 2.19. The minimum atomic E-state index is -1.21. The molecule has 1 aliphatic heterocycles. The van der Waals surface area contributed by atoms with Gasteiger partial charge in [0.25, 0.3) is 0 Å². The number of ketones is 1. The lowest BCUT2D eigenvalue weighted by molar-refractivity contribution is -0.131. The highest BCUT2D eigenvalue weighted by atomic mass is 16.2. The van der Waals surface area contributed by atoms with Crippen LogP contribution in [-0.2, 0) is 4.79 Å². The van der Waals surface area contributed by atoms with E-state index in [2.05, 4.69) is 0 Å². The van der Waals surface area contributed by atoms with Gasteiger partial charge in [-0.2, -0.15) is 5.26 Å². The number of likely N-dealkylation sites (tertiary alicyclic amines) is 1. The lowest BCUT2D eigenvalue weighted by atomic mass is 9.93. The summed E-state index contributed by atoms with van der Waals surface area (Å²) in [6, 6.07) is 7.30. The van der Waals surface area contributed by atoms with Gasteiger partial charge in [0.1, 0.15) is 0 Å². The second kappa shape index (κ2) is 5.87. The third kappa shape index (κ3) is 2.72. The molecule has 0 saturated carbocycles. The zero-order valence-electron chi connectivity index (χ0n) is 11.8. The minimum Gasteiger partial charge on any atom is -0.341 e. The van der Waals surface area contributed by atoms with Gasteiger partial charge in [-0.25, -0.2) is 0 Å². The van der Waals surface area contributed by atoms with E-state index in [9.17, 15) is 14.9 Å². The Labute approximate surface area is 119 Å². The number of carbonyl (C=O) groups excluding carboxylic acids is 2. The predicted octanol–water partition coefficient (Wildman–Crippen LogP) is 2.25. The first-order valence-electron chi connectivity index (χ1n) is 6.84. The highest BCUT2D eigenvalue weighted by molar-refractivity contribution is 6.12. The second-order valence-electron chi connectivity index (χ2n) is 5.28. The molecule has 4 nitrogen and oxygen atoms in total. The van der Waals surface area contributed by atoms with Crippen LogP contribution in [0.3, 0.4) is 0 Å². The van der Waals surface area contributed by atoms with Gasteiger partial charge in [-0.15, -0.1) is 0 Å². The topological polar surface area (TPSA) is 61.2 Å². The number of carbonyl (C=O) groups is 2. The number of aryl methyl sites for hydroxylation is 2. The van der Waals surface area contributed by atoms with E-state index in [-0.39, 0.29) is 11.7 Å². The number of rotatable bonds is 3. The monoisotopic (exact) mass is 270 g/mol. The summed E-state index contributed by atoms with van der Waals surface area (Å²) in [4.78, 5) is 26.3. The van der Waals surface area contributed by atoms with E-state index in [0.717, 1.165) is 24.0 Å². The summed E-state index contributed by atoms with van der Waals surface area (Å²) >= 11 is 0. The van der Waals surface area contributed by atoms with E-state index in [1.807, 2.05) is 32.0 Å². The van der Waals surface area contributed by atoms with E-state index < -0.39 is 5.92 Å². The van der Waals surface area contributed by atoms with Crippen LogP contribution in [0.2, 0.25) is 0 Å². The molecule has 0 unspecified atom stereocenters. The highest BCUT2D eigenvalue weighted by Gasteiger charge is 2.33. The van der Waals surface area contributed by atoms with Gasteiger partial charge >= 0.3 is 0 Å². The van der Waals surface area contributed by atoms with Crippen LogP contribution >= 0.6 is 0 Å². The van der Waals surface area contributed by atoms with E-state index >= 15 is 0 Å². The Hall–Kier alpha value is -2.15. The van der Waals surface area contributed by atoms with E-state index in [1.165, 1.54) is 0 Å². The maximum Gasteiger partial charge on any atom is 0.247 e. The Bertz CT molecular complexity index is 581. The number of hydrogen-bond acceptors (Lipinski definition) is 3. The molecule has 2 rings (SSSR count). The summed E-state index contributed by atoms with van der Waals surface area (Å²) in [6.45, 7) is 5.07. The molecule has 1 fully saturated rings. The summed E-state index contributed by atoms with van der Waals surface area (Å²) in [5.41, 5.74) is 2.33. The normalized spacial score (nSPS) is 15.8. The first-order valence-corrected chi connectivity index (χ1v) is 6.84. The van der Waals surface area contributed by atoms with Crippen LogP contribution in [0.25, 0.3) is 0 Å². The molecule has 0 radical (unpaired) electrons. The third-order valence-electron chi connectivity index (χ3n) is 3.70. The van der Waals surface area contributed by atoms with Crippen molar-refractivity contribution in [3.8, 4) is 6.07 Å². The molecule has 104 valence electrons. The van der Waals surface area contributed by atoms with Crippen molar-refractivity contribution in [2.24, 2.45) is 5.92 Å². The van der Waals surface area contributed by atoms with Gasteiger partial charge in [0.2, 0.25) is 5.91 Å². The molecule has 1 saturated heterocycles. The van der Waals surface area contributed by atoms with Gasteiger partial charge in [-0.05, 0) is 32.3 Å². The summed E-state index contributed by atoms with van der Waals surface area (Å²) < 4.78 is 0. The lowest BCUT2D eigenvalue weighted by Crippen LogP contribution is -2.37. The van der Waals surface area contributed by atoms with Crippen LogP contribution in [0.15, 0.2) is 18.2 Å². The van der Waals surface area contributed by atoms with Crippen LogP contribution in [0.5, 0.6) is 0 Å². The van der Waals surface area contributed by atoms with Crippen molar-refractivity contribution in [2.45, 2.75) is 26.7 Å². The average Bonchev–Trinajstić information content (AvgIpc) is 2.93. The Balaban J connectivity index is 2.25.